The van der Waals surface area contributed by atoms with E-state index in [2.05, 4.69) is 0 Å². The molecular formula is C17H19N3O5S. The molecule has 4 heterocycles. The van der Waals surface area contributed by atoms with Crippen LogP contribution in [0.25, 0.3) is 4.83 Å². The van der Waals surface area contributed by atoms with Crippen LogP contribution in [-0.2, 0) is 22.7 Å². The van der Waals surface area contributed by atoms with Crippen LogP contribution < -0.4 is 9.51 Å². The number of aliphatic carboxylic acids is 1. The smallest absolute Gasteiger partial charge is 0.288 e. The molecule has 0 unspecified atom stereocenters. The molecule has 2 aromatic heterocycles. The Morgan fingerprint density at radius 1 is 1.50 bits per heavy atom. The second-order valence-corrected chi connectivity index (χ2v) is 7.78. The molecule has 0 bridgehead atoms. The minimum absolute atomic E-state index is 0.102. The van der Waals surface area contributed by atoms with Gasteiger partial charge >= 0.3 is 0 Å². The summed E-state index contributed by atoms with van der Waals surface area (Å²) in [5.41, 5.74) is 0.472. The number of nitrogens with zero attached hydrogens (tertiary/aromatic N) is 3. The summed E-state index contributed by atoms with van der Waals surface area (Å²) in [4.78, 5) is 26.3. The lowest BCUT2D eigenvalue weighted by Gasteiger charge is -2.47. The highest BCUT2D eigenvalue weighted by Crippen LogP contribution is 2.47. The third kappa shape index (κ3) is 2.17. The number of aliphatic hydroxyl groups is 2. The summed E-state index contributed by atoms with van der Waals surface area (Å²) in [7, 11) is 0. The number of carbonyl (C=O) groups is 2. The number of carboxylic acid groups (broad SMARTS) is 1. The van der Waals surface area contributed by atoms with Gasteiger partial charge in [0.15, 0.2) is 0 Å². The minimum Gasteiger partial charge on any atom is -0.543 e. The van der Waals surface area contributed by atoms with Crippen molar-refractivity contribution in [2.75, 3.05) is 0 Å². The molecule has 1 amide bonds. The molecule has 0 spiro atoms. The van der Waals surface area contributed by atoms with E-state index in [1.54, 1.807) is 11.5 Å². The van der Waals surface area contributed by atoms with Crippen LogP contribution in [0.4, 0.5) is 0 Å². The summed E-state index contributed by atoms with van der Waals surface area (Å²) >= 11 is 1.51. The maximum absolute atomic E-state index is 12.4. The van der Waals surface area contributed by atoms with Crippen molar-refractivity contribution < 1.29 is 29.3 Å². The van der Waals surface area contributed by atoms with E-state index in [4.69, 9.17) is 0 Å². The molecule has 1 saturated heterocycles. The molecule has 26 heavy (non-hydrogen) atoms. The van der Waals surface area contributed by atoms with Gasteiger partial charge in [0, 0.05) is 16.9 Å². The molecule has 9 heteroatoms. The Morgan fingerprint density at radius 3 is 2.85 bits per heavy atom. The van der Waals surface area contributed by atoms with Gasteiger partial charge in [-0.2, -0.15) is 4.40 Å². The minimum atomic E-state index is -1.39. The van der Waals surface area contributed by atoms with Gasteiger partial charge in [0.2, 0.25) is 10.7 Å². The first-order valence-electron chi connectivity index (χ1n) is 8.40. The first-order valence-corrected chi connectivity index (χ1v) is 9.28. The second kappa shape index (κ2) is 5.90. The Morgan fingerprint density at radius 2 is 2.23 bits per heavy atom. The molecule has 2 aliphatic heterocycles. The van der Waals surface area contributed by atoms with Crippen molar-refractivity contribution in [1.29, 1.82) is 0 Å². The molecule has 4 rings (SSSR count). The zero-order chi connectivity index (χ0) is 18.7. The zero-order valence-electron chi connectivity index (χ0n) is 14.3. The lowest BCUT2D eigenvalue weighted by atomic mass is 9.78. The average Bonchev–Trinajstić information content (AvgIpc) is 3.19. The maximum atomic E-state index is 12.4. The van der Waals surface area contributed by atoms with Gasteiger partial charge in [0.05, 0.1) is 29.7 Å². The molecule has 2 aliphatic rings. The molecule has 0 aromatic carbocycles. The highest BCUT2D eigenvalue weighted by Gasteiger charge is 2.58. The van der Waals surface area contributed by atoms with Gasteiger partial charge in [-0.05, 0) is 6.92 Å². The average molecular weight is 377 g/mol. The van der Waals surface area contributed by atoms with Crippen LogP contribution in [0.1, 0.15) is 19.7 Å². The van der Waals surface area contributed by atoms with Crippen LogP contribution in [0.5, 0.6) is 0 Å². The van der Waals surface area contributed by atoms with E-state index in [0.717, 1.165) is 4.83 Å². The Hall–Kier alpha value is -2.23. The summed E-state index contributed by atoms with van der Waals surface area (Å²) in [5.74, 6) is -1.96. The number of amides is 1. The number of carbonyl (C=O) groups excluding carboxylic acids is 2. The van der Waals surface area contributed by atoms with Crippen molar-refractivity contribution >= 4 is 28.0 Å². The number of fused-ring (bicyclic) bond motifs is 2. The number of β-lactam (4-membered cyclic amide) rings is 1. The van der Waals surface area contributed by atoms with E-state index in [-0.39, 0.29) is 36.7 Å². The standard InChI is InChI=1S/C17H19N3O5S/c1-8-10(5-18-6-12-19(3-4-26-12)11(18)7-21)15(17(24)25)20-14(8)13(9(2)22)16(20)23/h3-4,6,8-9,13-14,21-22H,5,7H2,1-2H3/t8-,9+,13+,14+/m0/s1. The molecule has 4 atom stereocenters. The first kappa shape index (κ1) is 17.2. The van der Waals surface area contributed by atoms with Crippen LogP contribution in [-0.4, -0.2) is 43.7 Å². The fraction of sp³-hybridized carbons (Fsp3) is 0.471. The summed E-state index contributed by atoms with van der Waals surface area (Å²) in [6.07, 6.45) is 2.86. The van der Waals surface area contributed by atoms with Crippen LogP contribution in [0.3, 0.4) is 0 Å². The maximum Gasteiger partial charge on any atom is 0.288 e. The predicted molar refractivity (Wildman–Crippen MR) is 88.4 cm³/mol. The van der Waals surface area contributed by atoms with Crippen molar-refractivity contribution in [3.8, 4) is 0 Å². The molecule has 0 saturated carbocycles. The molecule has 0 radical (unpaired) electrons. The van der Waals surface area contributed by atoms with Crippen molar-refractivity contribution in [3.63, 3.8) is 0 Å². The van der Waals surface area contributed by atoms with Crippen LogP contribution in [0.15, 0.2) is 29.0 Å². The van der Waals surface area contributed by atoms with Crippen LogP contribution in [0.2, 0.25) is 0 Å². The quantitative estimate of drug-likeness (QED) is 0.494. The predicted octanol–water partition coefficient (Wildman–Crippen LogP) is -1.36. The van der Waals surface area contributed by atoms with Gasteiger partial charge in [-0.3, -0.25) is 4.79 Å². The zero-order valence-corrected chi connectivity index (χ0v) is 15.1. The van der Waals surface area contributed by atoms with Gasteiger partial charge in [-0.1, -0.05) is 18.3 Å². The molecule has 1 fully saturated rings. The van der Waals surface area contributed by atoms with Crippen LogP contribution >= 0.6 is 11.3 Å². The van der Waals surface area contributed by atoms with Gasteiger partial charge in [-0.15, -0.1) is 0 Å². The van der Waals surface area contributed by atoms with Crippen LogP contribution in [0, 0.1) is 11.8 Å². The van der Waals surface area contributed by atoms with Gasteiger partial charge in [0.1, 0.15) is 25.5 Å². The first-order chi connectivity index (χ1) is 12.4. The molecule has 8 nitrogen and oxygen atoms in total. The van der Waals surface area contributed by atoms with E-state index in [0.29, 0.717) is 11.4 Å². The van der Waals surface area contributed by atoms with E-state index >= 15 is 0 Å². The van der Waals surface area contributed by atoms with Gasteiger partial charge in [-0.25, -0.2) is 4.57 Å². The topological polar surface area (TPSA) is 110 Å². The van der Waals surface area contributed by atoms with Crippen molar-refractivity contribution in [3.05, 3.63) is 34.9 Å². The molecule has 2 aromatic rings. The van der Waals surface area contributed by atoms with Crippen molar-refractivity contribution in [1.82, 2.24) is 9.47 Å². The lowest BCUT2D eigenvalue weighted by molar-refractivity contribution is -0.521. The number of carboxylic acids is 1. The summed E-state index contributed by atoms with van der Waals surface area (Å²) < 4.78 is 3.65. The number of imidazole rings is 1. The number of aromatic nitrogens is 2. The Kier molecular flexibility index (Phi) is 3.90. The van der Waals surface area contributed by atoms with Gasteiger partial charge < -0.3 is 25.0 Å². The highest BCUT2D eigenvalue weighted by atomic mass is 32.1. The van der Waals surface area contributed by atoms with E-state index in [9.17, 15) is 24.9 Å². The number of aliphatic hydroxyl groups excluding tert-OH is 2. The largest absolute Gasteiger partial charge is 0.543 e. The molecule has 0 aliphatic carbocycles. The Bertz CT molecular complexity index is 943. The summed E-state index contributed by atoms with van der Waals surface area (Å²) in [5, 5.41) is 33.3. The van der Waals surface area contributed by atoms with Crippen molar-refractivity contribution in [2.24, 2.45) is 11.8 Å². The third-order valence-corrected chi connectivity index (χ3v) is 6.30. The number of thiazole rings is 1. The number of rotatable bonds is 5. The molecular weight excluding hydrogens is 358 g/mol. The monoisotopic (exact) mass is 377 g/mol. The number of hydrogen-bond donors (Lipinski definition) is 2. The Balaban J connectivity index is 1.76. The fourth-order valence-corrected chi connectivity index (χ4v) is 5.06. The van der Waals surface area contributed by atoms with E-state index in [1.165, 1.54) is 16.2 Å². The van der Waals surface area contributed by atoms with Gasteiger partial charge in [0.25, 0.3) is 5.82 Å². The third-order valence-electron chi connectivity index (χ3n) is 5.50. The summed E-state index contributed by atoms with van der Waals surface area (Å²) in [6.45, 7) is 3.45. The SMILES string of the molecule is C[C@@H](O)[C@H]1C(=O)N2C(C(=O)[O-])=C(Cn3cc4scc[n+]4c3CO)[C@H](C)[C@H]12. The normalized spacial score (nSPS) is 26.4. The second-order valence-electron chi connectivity index (χ2n) is 6.86. The number of hydrogen-bond acceptors (Lipinski definition) is 6. The van der Waals surface area contributed by atoms with E-state index in [1.807, 2.05) is 29.1 Å². The molecule has 138 valence electrons. The fourth-order valence-electron chi connectivity index (χ4n) is 4.27. The van der Waals surface area contributed by atoms with Crippen molar-refractivity contribution in [2.45, 2.75) is 39.1 Å². The summed E-state index contributed by atoms with van der Waals surface area (Å²) in [6, 6.07) is -0.368. The molecule has 2 N–H and O–H groups in total. The highest BCUT2D eigenvalue weighted by molar-refractivity contribution is 7.14. The lowest BCUT2D eigenvalue weighted by Crippen LogP contribution is -2.64. The van der Waals surface area contributed by atoms with E-state index < -0.39 is 18.0 Å². The Labute approximate surface area is 153 Å².